The molecule has 6 nitrogen and oxygen atoms in total. The van der Waals surface area contributed by atoms with Crippen molar-refractivity contribution >= 4 is 17.2 Å². The van der Waals surface area contributed by atoms with E-state index in [2.05, 4.69) is 51.0 Å². The van der Waals surface area contributed by atoms with Gasteiger partial charge in [0.1, 0.15) is 12.7 Å². The fraction of sp³-hybridized carbons (Fsp3) is 0.316. The topological polar surface area (TPSA) is 63.1 Å². The Bertz CT molecular complexity index is 795. The number of hydrogen-bond donors (Lipinski definition) is 1. The number of nitrogens with one attached hydrogen (secondary N) is 1. The maximum Gasteiger partial charge on any atom is 0.251 e. The highest BCUT2D eigenvalue weighted by Gasteiger charge is 2.19. The van der Waals surface area contributed by atoms with E-state index in [1.54, 1.807) is 22.3 Å². The molecule has 0 aliphatic carbocycles. The van der Waals surface area contributed by atoms with Gasteiger partial charge in [-0.25, -0.2) is 9.67 Å². The Morgan fingerprint density at radius 3 is 2.58 bits per heavy atom. The van der Waals surface area contributed by atoms with Gasteiger partial charge in [0.25, 0.3) is 5.91 Å². The van der Waals surface area contributed by atoms with Crippen LogP contribution in [0, 0.1) is 0 Å². The Balaban J connectivity index is 1.66. The van der Waals surface area contributed by atoms with Gasteiger partial charge in [-0.05, 0) is 59.7 Å². The molecule has 1 aromatic carbocycles. The number of likely N-dealkylation sites (N-methyl/N-ethyl adjacent to an activating group) is 1. The molecule has 0 bridgehead atoms. The number of carbonyl (C=O) groups is 1. The number of rotatable bonds is 8. The molecule has 0 aliphatic rings. The van der Waals surface area contributed by atoms with E-state index in [0.29, 0.717) is 12.1 Å². The second-order valence-electron chi connectivity index (χ2n) is 5.89. The number of carbonyl (C=O) groups excluding carboxylic acids is 1. The number of aromatic nitrogens is 3. The molecule has 7 heteroatoms. The highest BCUT2D eigenvalue weighted by Crippen LogP contribution is 2.22. The molecule has 0 saturated carbocycles. The van der Waals surface area contributed by atoms with E-state index >= 15 is 0 Å². The largest absolute Gasteiger partial charge is 0.350 e. The maximum atomic E-state index is 12.6. The summed E-state index contributed by atoms with van der Waals surface area (Å²) in [5.41, 5.74) is 2.76. The summed E-state index contributed by atoms with van der Waals surface area (Å²) in [5, 5.41) is 11.4. The normalized spacial score (nSPS) is 12.3. The SMILES string of the molecule is CCN(CC)[C@H](CNC(=O)c1ccc(-n2cncn2)cc1)c1ccsc1. The minimum absolute atomic E-state index is 0.0671. The zero-order valence-electron chi connectivity index (χ0n) is 15.0. The monoisotopic (exact) mass is 369 g/mol. The molecule has 26 heavy (non-hydrogen) atoms. The van der Waals surface area contributed by atoms with Crippen LogP contribution in [0.3, 0.4) is 0 Å². The van der Waals surface area contributed by atoms with Gasteiger partial charge in [0.05, 0.1) is 11.7 Å². The third-order valence-corrected chi connectivity index (χ3v) is 5.15. The number of hydrogen-bond acceptors (Lipinski definition) is 5. The van der Waals surface area contributed by atoms with Crippen molar-refractivity contribution in [2.45, 2.75) is 19.9 Å². The standard InChI is InChI=1S/C19H23N5OS/c1-3-23(4-2)18(16-9-10-26-12-16)11-21-19(25)15-5-7-17(8-6-15)24-14-20-13-22-24/h5-10,12-14,18H,3-4,11H2,1-2H3,(H,21,25)/t18-/m1/s1. The van der Waals surface area contributed by atoms with Crippen LogP contribution in [0.15, 0.2) is 53.7 Å². The van der Waals surface area contributed by atoms with Gasteiger partial charge in [0.2, 0.25) is 0 Å². The molecule has 2 aromatic heterocycles. The van der Waals surface area contributed by atoms with Gasteiger partial charge < -0.3 is 5.32 Å². The van der Waals surface area contributed by atoms with Gasteiger partial charge in [-0.1, -0.05) is 13.8 Å². The van der Waals surface area contributed by atoms with Gasteiger partial charge in [0, 0.05) is 12.1 Å². The highest BCUT2D eigenvalue weighted by molar-refractivity contribution is 7.07. The smallest absolute Gasteiger partial charge is 0.251 e. The van der Waals surface area contributed by atoms with Gasteiger partial charge in [-0.2, -0.15) is 16.4 Å². The predicted octanol–water partition coefficient (Wildman–Crippen LogP) is 3.14. The van der Waals surface area contributed by atoms with Gasteiger partial charge in [-0.15, -0.1) is 0 Å². The summed E-state index contributed by atoms with van der Waals surface area (Å²) in [4.78, 5) is 18.8. The Morgan fingerprint density at radius 2 is 2.00 bits per heavy atom. The minimum atomic E-state index is -0.0671. The van der Waals surface area contributed by atoms with Crippen LogP contribution in [0.5, 0.6) is 0 Å². The summed E-state index contributed by atoms with van der Waals surface area (Å²) in [6, 6.07) is 9.67. The lowest BCUT2D eigenvalue weighted by atomic mass is 10.1. The summed E-state index contributed by atoms with van der Waals surface area (Å²) in [5.74, 6) is -0.0671. The first-order valence-electron chi connectivity index (χ1n) is 8.72. The quantitative estimate of drug-likeness (QED) is 0.663. The van der Waals surface area contributed by atoms with E-state index in [-0.39, 0.29) is 11.9 Å². The molecule has 1 atom stereocenters. The number of amides is 1. The Kier molecular flexibility index (Phi) is 6.14. The molecule has 0 radical (unpaired) electrons. The number of thiophene rings is 1. The van der Waals surface area contributed by atoms with Crippen LogP contribution in [0.25, 0.3) is 5.69 Å². The summed E-state index contributed by atoms with van der Waals surface area (Å²) in [6.07, 6.45) is 3.11. The predicted molar refractivity (Wildman–Crippen MR) is 104 cm³/mol. The molecular weight excluding hydrogens is 346 g/mol. The first kappa shape index (κ1) is 18.3. The van der Waals surface area contributed by atoms with E-state index in [4.69, 9.17) is 0 Å². The molecular formula is C19H23N5OS. The second kappa shape index (κ2) is 8.73. The van der Waals surface area contributed by atoms with E-state index in [9.17, 15) is 4.79 Å². The molecule has 0 unspecified atom stereocenters. The summed E-state index contributed by atoms with van der Waals surface area (Å²) >= 11 is 1.68. The molecule has 0 saturated heterocycles. The lowest BCUT2D eigenvalue weighted by molar-refractivity contribution is 0.0935. The average molecular weight is 369 g/mol. The van der Waals surface area contributed by atoms with Gasteiger partial charge >= 0.3 is 0 Å². The zero-order chi connectivity index (χ0) is 18.4. The van der Waals surface area contributed by atoms with Gasteiger partial charge in [-0.3, -0.25) is 9.69 Å². The molecule has 1 amide bonds. The van der Waals surface area contributed by atoms with Crippen LogP contribution in [-0.2, 0) is 0 Å². The lowest BCUT2D eigenvalue weighted by Gasteiger charge is -2.29. The van der Waals surface area contributed by atoms with E-state index in [0.717, 1.165) is 18.8 Å². The summed E-state index contributed by atoms with van der Waals surface area (Å²) < 4.78 is 1.66. The summed E-state index contributed by atoms with van der Waals surface area (Å²) in [6.45, 7) is 6.77. The molecule has 1 N–H and O–H groups in total. The fourth-order valence-electron chi connectivity index (χ4n) is 2.99. The van der Waals surface area contributed by atoms with Crippen molar-refractivity contribution < 1.29 is 4.79 Å². The van der Waals surface area contributed by atoms with Crippen molar-refractivity contribution in [2.24, 2.45) is 0 Å². The molecule has 136 valence electrons. The molecule has 0 aliphatic heterocycles. The van der Waals surface area contributed by atoms with Crippen molar-refractivity contribution in [1.29, 1.82) is 0 Å². The number of benzene rings is 1. The lowest BCUT2D eigenvalue weighted by Crippen LogP contribution is -2.37. The van der Waals surface area contributed by atoms with Gasteiger partial charge in [0.15, 0.2) is 0 Å². The Labute approximate surface area is 157 Å². The zero-order valence-corrected chi connectivity index (χ0v) is 15.8. The van der Waals surface area contributed by atoms with Crippen LogP contribution >= 0.6 is 11.3 Å². The van der Waals surface area contributed by atoms with Crippen molar-refractivity contribution in [3.63, 3.8) is 0 Å². The summed E-state index contributed by atoms with van der Waals surface area (Å²) in [7, 11) is 0. The fourth-order valence-corrected chi connectivity index (χ4v) is 3.69. The van der Waals surface area contributed by atoms with Crippen LogP contribution in [0.1, 0.15) is 35.8 Å². The van der Waals surface area contributed by atoms with E-state index in [1.807, 2.05) is 24.3 Å². The van der Waals surface area contributed by atoms with Crippen molar-refractivity contribution in [1.82, 2.24) is 25.0 Å². The maximum absolute atomic E-state index is 12.6. The van der Waals surface area contributed by atoms with Crippen LogP contribution in [-0.4, -0.2) is 45.2 Å². The average Bonchev–Trinajstić information content (AvgIpc) is 3.39. The molecule has 0 fully saturated rings. The van der Waals surface area contributed by atoms with Crippen LogP contribution in [0.2, 0.25) is 0 Å². The minimum Gasteiger partial charge on any atom is -0.350 e. The molecule has 3 rings (SSSR count). The highest BCUT2D eigenvalue weighted by atomic mass is 32.1. The second-order valence-corrected chi connectivity index (χ2v) is 6.67. The van der Waals surface area contributed by atoms with Crippen molar-refractivity contribution in [3.8, 4) is 5.69 Å². The Hall–Kier alpha value is -2.51. The third-order valence-electron chi connectivity index (χ3n) is 4.45. The first-order valence-corrected chi connectivity index (χ1v) is 9.66. The van der Waals surface area contributed by atoms with E-state index < -0.39 is 0 Å². The van der Waals surface area contributed by atoms with Crippen LogP contribution in [0.4, 0.5) is 0 Å². The first-order chi connectivity index (χ1) is 12.7. The molecule has 3 aromatic rings. The van der Waals surface area contributed by atoms with E-state index in [1.165, 1.54) is 11.9 Å². The van der Waals surface area contributed by atoms with Crippen LogP contribution < -0.4 is 5.32 Å². The Morgan fingerprint density at radius 1 is 1.23 bits per heavy atom. The van der Waals surface area contributed by atoms with Crippen molar-refractivity contribution in [2.75, 3.05) is 19.6 Å². The molecule has 2 heterocycles. The molecule has 0 spiro atoms. The third kappa shape index (κ3) is 4.17. The van der Waals surface area contributed by atoms with Crippen molar-refractivity contribution in [3.05, 3.63) is 64.9 Å². The number of nitrogens with zero attached hydrogens (tertiary/aromatic N) is 4.